The highest BCUT2D eigenvalue weighted by Gasteiger charge is 2.48. The topological polar surface area (TPSA) is 58.8 Å². The van der Waals surface area contributed by atoms with Crippen molar-refractivity contribution in [1.82, 2.24) is 15.0 Å². The van der Waals surface area contributed by atoms with E-state index in [0.29, 0.717) is 19.1 Å². The van der Waals surface area contributed by atoms with Crippen LogP contribution in [0.4, 0.5) is 0 Å². The molecule has 122 valence electrons. The molecule has 1 aromatic rings. The van der Waals surface area contributed by atoms with Crippen LogP contribution in [0, 0.1) is 12.3 Å². The molecule has 1 atom stereocenters. The van der Waals surface area contributed by atoms with E-state index in [4.69, 9.17) is 9.26 Å². The van der Waals surface area contributed by atoms with Crippen LogP contribution in [0.2, 0.25) is 0 Å². The molecule has 1 amide bonds. The highest BCUT2D eigenvalue weighted by molar-refractivity contribution is 5.84. The lowest BCUT2D eigenvalue weighted by Gasteiger charge is -2.39. The molecule has 2 saturated heterocycles. The van der Waals surface area contributed by atoms with E-state index in [2.05, 4.69) is 10.1 Å². The first kappa shape index (κ1) is 15.5. The summed E-state index contributed by atoms with van der Waals surface area (Å²) in [5.41, 5.74) is 0.713. The molecule has 1 spiro atoms. The molecule has 0 aliphatic carbocycles. The van der Waals surface area contributed by atoms with Gasteiger partial charge in [-0.3, -0.25) is 9.69 Å². The molecule has 3 heterocycles. The van der Waals surface area contributed by atoms with Gasteiger partial charge < -0.3 is 14.2 Å². The first-order valence-electron chi connectivity index (χ1n) is 8.06. The number of hydrogen-bond donors (Lipinski definition) is 0. The summed E-state index contributed by atoms with van der Waals surface area (Å²) in [6.07, 6.45) is 3.04. The maximum absolute atomic E-state index is 12.9. The molecule has 0 aromatic carbocycles. The SMILES string of the molecule is COCCN1CCC[C@@]2(CCN(Cc3cc(C)no3)C2)C1=O. The molecule has 3 rings (SSSR count). The molecular weight excluding hydrogens is 282 g/mol. The fourth-order valence-corrected chi connectivity index (χ4v) is 3.75. The van der Waals surface area contributed by atoms with Crippen LogP contribution in [0.3, 0.4) is 0 Å². The highest BCUT2D eigenvalue weighted by Crippen LogP contribution is 2.40. The van der Waals surface area contributed by atoms with Crippen LogP contribution in [-0.4, -0.2) is 60.8 Å². The number of carbonyl (C=O) groups is 1. The summed E-state index contributed by atoms with van der Waals surface area (Å²) in [5, 5.41) is 3.93. The van der Waals surface area contributed by atoms with Crippen molar-refractivity contribution in [3.8, 4) is 0 Å². The van der Waals surface area contributed by atoms with Gasteiger partial charge in [-0.15, -0.1) is 0 Å². The Morgan fingerprint density at radius 1 is 1.41 bits per heavy atom. The van der Waals surface area contributed by atoms with E-state index >= 15 is 0 Å². The standard InChI is InChI=1S/C16H25N3O3/c1-13-10-14(22-17-13)11-18-7-5-16(12-18)4-3-6-19(15(16)20)8-9-21-2/h10H,3-9,11-12H2,1-2H3/t16-/m0/s1. The number of methoxy groups -OCH3 is 1. The second-order valence-electron chi connectivity index (χ2n) is 6.56. The molecule has 6 nitrogen and oxygen atoms in total. The first-order valence-corrected chi connectivity index (χ1v) is 8.06. The number of rotatable bonds is 5. The van der Waals surface area contributed by atoms with Crippen LogP contribution in [-0.2, 0) is 16.1 Å². The van der Waals surface area contributed by atoms with E-state index in [1.807, 2.05) is 17.9 Å². The Morgan fingerprint density at radius 3 is 3.00 bits per heavy atom. The molecule has 22 heavy (non-hydrogen) atoms. The molecule has 0 unspecified atom stereocenters. The van der Waals surface area contributed by atoms with Crippen molar-refractivity contribution >= 4 is 5.91 Å². The van der Waals surface area contributed by atoms with Crippen molar-refractivity contribution in [2.24, 2.45) is 5.41 Å². The summed E-state index contributed by atoms with van der Waals surface area (Å²) in [6, 6.07) is 1.97. The van der Waals surface area contributed by atoms with Gasteiger partial charge in [0.25, 0.3) is 0 Å². The smallest absolute Gasteiger partial charge is 0.230 e. The van der Waals surface area contributed by atoms with E-state index < -0.39 is 0 Å². The minimum Gasteiger partial charge on any atom is -0.383 e. The zero-order valence-electron chi connectivity index (χ0n) is 13.5. The minimum absolute atomic E-state index is 0.193. The van der Waals surface area contributed by atoms with Gasteiger partial charge in [-0.25, -0.2) is 0 Å². The van der Waals surface area contributed by atoms with Gasteiger partial charge in [0, 0.05) is 32.8 Å². The van der Waals surface area contributed by atoms with Crippen molar-refractivity contribution in [3.63, 3.8) is 0 Å². The van der Waals surface area contributed by atoms with Crippen molar-refractivity contribution in [2.75, 3.05) is 39.9 Å². The number of hydrogen-bond acceptors (Lipinski definition) is 5. The molecule has 2 fully saturated rings. The Bertz CT molecular complexity index is 530. The Hall–Kier alpha value is -1.40. The van der Waals surface area contributed by atoms with Gasteiger partial charge >= 0.3 is 0 Å². The summed E-state index contributed by atoms with van der Waals surface area (Å²) in [7, 11) is 1.68. The highest BCUT2D eigenvalue weighted by atomic mass is 16.5. The number of aromatic nitrogens is 1. The third kappa shape index (κ3) is 3.03. The van der Waals surface area contributed by atoms with Crippen LogP contribution < -0.4 is 0 Å². The van der Waals surface area contributed by atoms with Gasteiger partial charge in [0.1, 0.15) is 0 Å². The number of ether oxygens (including phenoxy) is 1. The molecule has 1 aromatic heterocycles. The summed E-state index contributed by atoms with van der Waals surface area (Å²) in [5.74, 6) is 1.20. The average Bonchev–Trinajstić information content (AvgIpc) is 3.09. The largest absolute Gasteiger partial charge is 0.383 e. The van der Waals surface area contributed by atoms with Crippen molar-refractivity contribution < 1.29 is 14.1 Å². The Kier molecular flexibility index (Phi) is 4.49. The molecule has 2 aliphatic heterocycles. The lowest BCUT2D eigenvalue weighted by Crippen LogP contribution is -2.50. The Balaban J connectivity index is 1.63. The van der Waals surface area contributed by atoms with Crippen LogP contribution >= 0.6 is 0 Å². The van der Waals surface area contributed by atoms with Gasteiger partial charge in [0.05, 0.1) is 24.3 Å². The van der Waals surface area contributed by atoms with E-state index in [0.717, 1.165) is 56.9 Å². The fraction of sp³-hybridized carbons (Fsp3) is 0.750. The lowest BCUT2D eigenvalue weighted by molar-refractivity contribution is -0.146. The number of carbonyl (C=O) groups excluding carboxylic acids is 1. The molecular formula is C16H25N3O3. The Labute approximate surface area is 131 Å². The van der Waals surface area contributed by atoms with Crippen molar-refractivity contribution in [2.45, 2.75) is 32.7 Å². The zero-order valence-corrected chi connectivity index (χ0v) is 13.5. The lowest BCUT2D eigenvalue weighted by atomic mass is 9.78. The monoisotopic (exact) mass is 307 g/mol. The van der Waals surface area contributed by atoms with Crippen LogP contribution in [0.15, 0.2) is 10.6 Å². The second-order valence-corrected chi connectivity index (χ2v) is 6.56. The summed E-state index contributed by atoms with van der Waals surface area (Å²) in [6.45, 7) is 6.63. The number of amides is 1. The van der Waals surface area contributed by atoms with Crippen molar-refractivity contribution in [3.05, 3.63) is 17.5 Å². The minimum atomic E-state index is -0.193. The van der Waals surface area contributed by atoms with Crippen LogP contribution in [0.1, 0.15) is 30.7 Å². The maximum Gasteiger partial charge on any atom is 0.230 e. The number of likely N-dealkylation sites (tertiary alicyclic amines) is 2. The summed E-state index contributed by atoms with van der Waals surface area (Å²) < 4.78 is 10.4. The summed E-state index contributed by atoms with van der Waals surface area (Å²) in [4.78, 5) is 17.2. The van der Waals surface area contributed by atoms with Crippen LogP contribution in [0.5, 0.6) is 0 Å². The number of nitrogens with zero attached hydrogens (tertiary/aromatic N) is 3. The quantitative estimate of drug-likeness (QED) is 0.824. The zero-order chi connectivity index (χ0) is 15.6. The van der Waals surface area contributed by atoms with Gasteiger partial charge in [-0.1, -0.05) is 5.16 Å². The van der Waals surface area contributed by atoms with E-state index in [-0.39, 0.29) is 5.41 Å². The van der Waals surface area contributed by atoms with Crippen molar-refractivity contribution in [1.29, 1.82) is 0 Å². The molecule has 2 aliphatic rings. The maximum atomic E-state index is 12.9. The normalized spacial score (nSPS) is 26.3. The second kappa shape index (κ2) is 6.38. The molecule has 0 saturated carbocycles. The first-order chi connectivity index (χ1) is 10.6. The number of aryl methyl sites for hydroxylation is 1. The molecule has 0 N–H and O–H groups in total. The predicted molar refractivity (Wildman–Crippen MR) is 81.3 cm³/mol. The third-order valence-electron chi connectivity index (χ3n) is 4.88. The molecule has 0 bridgehead atoms. The summed E-state index contributed by atoms with van der Waals surface area (Å²) >= 11 is 0. The van der Waals surface area contributed by atoms with Gasteiger partial charge in [-0.2, -0.15) is 0 Å². The van der Waals surface area contributed by atoms with Gasteiger partial charge in [0.15, 0.2) is 5.76 Å². The number of piperidine rings is 1. The van der Waals surface area contributed by atoms with Gasteiger partial charge in [-0.05, 0) is 32.7 Å². The Morgan fingerprint density at radius 2 is 2.27 bits per heavy atom. The van der Waals surface area contributed by atoms with E-state index in [9.17, 15) is 4.79 Å². The predicted octanol–water partition coefficient (Wildman–Crippen LogP) is 1.44. The molecule has 0 radical (unpaired) electrons. The van der Waals surface area contributed by atoms with E-state index in [1.54, 1.807) is 7.11 Å². The van der Waals surface area contributed by atoms with Gasteiger partial charge in [0.2, 0.25) is 5.91 Å². The third-order valence-corrected chi connectivity index (χ3v) is 4.88. The van der Waals surface area contributed by atoms with E-state index in [1.165, 1.54) is 0 Å². The fourth-order valence-electron chi connectivity index (χ4n) is 3.75. The molecule has 6 heteroatoms. The van der Waals surface area contributed by atoms with Crippen LogP contribution in [0.25, 0.3) is 0 Å². The average molecular weight is 307 g/mol.